The second-order valence-corrected chi connectivity index (χ2v) is 5.96. The zero-order valence-electron chi connectivity index (χ0n) is 13.1. The van der Waals surface area contributed by atoms with Crippen molar-refractivity contribution in [3.8, 4) is 0 Å². The van der Waals surface area contributed by atoms with E-state index >= 15 is 0 Å². The Morgan fingerprint density at radius 1 is 1.25 bits per heavy atom. The number of alkyl carbamates (subject to hydrolysis) is 1. The minimum atomic E-state index is -0.474. The van der Waals surface area contributed by atoms with Crippen LogP contribution in [-0.2, 0) is 4.74 Å². The van der Waals surface area contributed by atoms with Gasteiger partial charge in [0.15, 0.2) is 0 Å². The van der Waals surface area contributed by atoms with Gasteiger partial charge in [-0.15, -0.1) is 0 Å². The quantitative estimate of drug-likeness (QED) is 0.861. The third-order valence-corrected chi connectivity index (χ3v) is 2.91. The highest BCUT2D eigenvalue weighted by atomic mass is 16.6. The number of rotatable bonds is 5. The van der Waals surface area contributed by atoms with Crippen molar-refractivity contribution in [1.29, 1.82) is 0 Å². The van der Waals surface area contributed by atoms with Gasteiger partial charge in [0.1, 0.15) is 5.60 Å². The number of para-hydroxylation sites is 1. The Balaban J connectivity index is 2.55. The molecule has 0 aromatic heterocycles. The number of carbonyl (C=O) groups excluding carboxylic acids is 1. The minimum absolute atomic E-state index is 0.0185. The van der Waals surface area contributed by atoms with Crippen LogP contribution in [0.1, 0.15) is 41.0 Å². The summed E-state index contributed by atoms with van der Waals surface area (Å²) < 4.78 is 5.28. The Labute approximate surface area is 121 Å². The van der Waals surface area contributed by atoms with Gasteiger partial charge < -0.3 is 15.4 Å². The maximum Gasteiger partial charge on any atom is 0.407 e. The van der Waals surface area contributed by atoms with Crippen LogP contribution in [0.2, 0.25) is 0 Å². The van der Waals surface area contributed by atoms with Crippen LogP contribution in [0.5, 0.6) is 0 Å². The molecule has 1 aromatic rings. The van der Waals surface area contributed by atoms with Crippen molar-refractivity contribution in [3.63, 3.8) is 0 Å². The SMILES string of the molecule is CC[C@H](Nc1ccccc1)[C@@H](C)NC(=O)OC(C)(C)C. The van der Waals surface area contributed by atoms with Crippen molar-refractivity contribution in [2.24, 2.45) is 0 Å². The normalized spacial score (nSPS) is 14.2. The fraction of sp³-hybridized carbons (Fsp3) is 0.562. The largest absolute Gasteiger partial charge is 0.444 e. The van der Waals surface area contributed by atoms with Gasteiger partial charge >= 0.3 is 6.09 Å². The smallest absolute Gasteiger partial charge is 0.407 e. The van der Waals surface area contributed by atoms with Crippen molar-refractivity contribution >= 4 is 11.8 Å². The van der Waals surface area contributed by atoms with E-state index in [-0.39, 0.29) is 18.2 Å². The van der Waals surface area contributed by atoms with Crippen molar-refractivity contribution in [2.75, 3.05) is 5.32 Å². The van der Waals surface area contributed by atoms with Gasteiger partial charge in [0, 0.05) is 17.8 Å². The lowest BCUT2D eigenvalue weighted by atomic mass is 10.1. The van der Waals surface area contributed by atoms with E-state index in [0.29, 0.717) is 0 Å². The summed E-state index contributed by atoms with van der Waals surface area (Å²) in [7, 11) is 0. The summed E-state index contributed by atoms with van der Waals surface area (Å²) >= 11 is 0. The highest BCUT2D eigenvalue weighted by Crippen LogP contribution is 2.12. The number of ether oxygens (including phenoxy) is 1. The van der Waals surface area contributed by atoms with Crippen LogP contribution in [0.15, 0.2) is 30.3 Å². The molecule has 112 valence electrons. The Kier molecular flexibility index (Phi) is 5.86. The molecule has 0 saturated carbocycles. The maximum absolute atomic E-state index is 11.8. The van der Waals surface area contributed by atoms with E-state index in [1.54, 1.807) is 0 Å². The van der Waals surface area contributed by atoms with Crippen molar-refractivity contribution < 1.29 is 9.53 Å². The van der Waals surface area contributed by atoms with Gasteiger partial charge in [0.2, 0.25) is 0 Å². The summed E-state index contributed by atoms with van der Waals surface area (Å²) in [6.45, 7) is 9.65. The first-order valence-corrected chi connectivity index (χ1v) is 7.13. The first kappa shape index (κ1) is 16.3. The molecule has 0 unspecified atom stereocenters. The van der Waals surface area contributed by atoms with Gasteiger partial charge in [0.25, 0.3) is 0 Å². The van der Waals surface area contributed by atoms with Gasteiger partial charge in [-0.1, -0.05) is 25.1 Å². The predicted molar refractivity (Wildman–Crippen MR) is 83.0 cm³/mol. The number of hydrogen-bond donors (Lipinski definition) is 2. The van der Waals surface area contributed by atoms with E-state index in [0.717, 1.165) is 12.1 Å². The molecule has 0 aliphatic heterocycles. The topological polar surface area (TPSA) is 50.4 Å². The lowest BCUT2D eigenvalue weighted by molar-refractivity contribution is 0.0503. The molecule has 0 fully saturated rings. The third kappa shape index (κ3) is 5.95. The number of hydrogen-bond acceptors (Lipinski definition) is 3. The minimum Gasteiger partial charge on any atom is -0.444 e. The van der Waals surface area contributed by atoms with Crippen LogP contribution >= 0.6 is 0 Å². The molecule has 0 heterocycles. The summed E-state index contributed by atoms with van der Waals surface area (Å²) in [6, 6.07) is 10.1. The molecule has 1 amide bonds. The predicted octanol–water partition coefficient (Wildman–Crippen LogP) is 3.79. The van der Waals surface area contributed by atoms with Gasteiger partial charge in [-0.05, 0) is 46.2 Å². The molecule has 2 atom stereocenters. The summed E-state index contributed by atoms with van der Waals surface area (Å²) in [4.78, 5) is 11.8. The molecular weight excluding hydrogens is 252 g/mol. The van der Waals surface area contributed by atoms with Gasteiger partial charge in [0.05, 0.1) is 0 Å². The highest BCUT2D eigenvalue weighted by Gasteiger charge is 2.21. The molecule has 0 spiro atoms. The summed E-state index contributed by atoms with van der Waals surface area (Å²) in [5, 5.41) is 6.31. The average Bonchev–Trinajstić information content (AvgIpc) is 2.34. The monoisotopic (exact) mass is 278 g/mol. The zero-order chi connectivity index (χ0) is 15.2. The van der Waals surface area contributed by atoms with Crippen LogP contribution in [0.4, 0.5) is 10.5 Å². The molecule has 4 heteroatoms. The Bertz CT molecular complexity index is 412. The van der Waals surface area contributed by atoms with E-state index in [1.165, 1.54) is 0 Å². The molecule has 0 aliphatic carbocycles. The van der Waals surface area contributed by atoms with Gasteiger partial charge in [-0.25, -0.2) is 4.79 Å². The van der Waals surface area contributed by atoms with Crippen molar-refractivity contribution in [1.82, 2.24) is 5.32 Å². The average molecular weight is 278 g/mol. The van der Waals surface area contributed by atoms with E-state index in [4.69, 9.17) is 4.74 Å². The first-order chi connectivity index (χ1) is 9.31. The molecule has 1 rings (SSSR count). The molecule has 2 N–H and O–H groups in total. The van der Waals surface area contributed by atoms with Crippen LogP contribution in [0.3, 0.4) is 0 Å². The van der Waals surface area contributed by atoms with Crippen LogP contribution in [0.25, 0.3) is 0 Å². The van der Waals surface area contributed by atoms with Crippen LogP contribution in [-0.4, -0.2) is 23.8 Å². The Hall–Kier alpha value is -1.71. The molecule has 0 aliphatic rings. The third-order valence-electron chi connectivity index (χ3n) is 2.91. The number of anilines is 1. The van der Waals surface area contributed by atoms with E-state index in [9.17, 15) is 4.79 Å². The number of benzene rings is 1. The lowest BCUT2D eigenvalue weighted by Gasteiger charge is -2.27. The number of nitrogens with one attached hydrogen (secondary N) is 2. The fourth-order valence-electron chi connectivity index (χ4n) is 1.92. The molecule has 0 radical (unpaired) electrons. The Morgan fingerprint density at radius 3 is 2.35 bits per heavy atom. The molecular formula is C16H26N2O2. The first-order valence-electron chi connectivity index (χ1n) is 7.13. The second-order valence-electron chi connectivity index (χ2n) is 5.96. The maximum atomic E-state index is 11.8. The highest BCUT2D eigenvalue weighted by molar-refractivity contribution is 5.68. The standard InChI is InChI=1S/C16H26N2O2/c1-6-14(18-13-10-8-7-9-11-13)12(2)17-15(19)20-16(3,4)5/h7-12,14,18H,6H2,1-5H3,(H,17,19)/t12-,14+/m1/s1. The summed E-state index contributed by atoms with van der Waals surface area (Å²) in [5.74, 6) is 0. The lowest BCUT2D eigenvalue weighted by Crippen LogP contribution is -2.46. The second kappa shape index (κ2) is 7.17. The molecule has 4 nitrogen and oxygen atoms in total. The van der Waals surface area contributed by atoms with E-state index in [2.05, 4.69) is 17.6 Å². The summed E-state index contributed by atoms with van der Waals surface area (Å²) in [6.07, 6.45) is 0.532. The zero-order valence-corrected chi connectivity index (χ0v) is 13.1. The number of amides is 1. The molecule has 1 aromatic carbocycles. The fourth-order valence-corrected chi connectivity index (χ4v) is 1.92. The van der Waals surface area contributed by atoms with Crippen molar-refractivity contribution in [3.05, 3.63) is 30.3 Å². The summed E-state index contributed by atoms with van der Waals surface area (Å²) in [5.41, 5.74) is 0.579. The number of carbonyl (C=O) groups is 1. The molecule has 0 saturated heterocycles. The van der Waals surface area contributed by atoms with Crippen molar-refractivity contribution in [2.45, 2.75) is 58.7 Å². The van der Waals surface area contributed by atoms with Crippen LogP contribution < -0.4 is 10.6 Å². The van der Waals surface area contributed by atoms with Gasteiger partial charge in [-0.2, -0.15) is 0 Å². The Morgan fingerprint density at radius 2 is 1.85 bits per heavy atom. The van der Waals surface area contributed by atoms with E-state index in [1.807, 2.05) is 58.0 Å². The van der Waals surface area contributed by atoms with Crippen LogP contribution in [0, 0.1) is 0 Å². The van der Waals surface area contributed by atoms with Gasteiger partial charge in [-0.3, -0.25) is 0 Å². The van der Waals surface area contributed by atoms with E-state index < -0.39 is 5.60 Å². The molecule has 20 heavy (non-hydrogen) atoms. The molecule has 0 bridgehead atoms.